The lowest BCUT2D eigenvalue weighted by atomic mass is 10.2. The van der Waals surface area contributed by atoms with Crippen LogP contribution in [0.2, 0.25) is 0 Å². The highest BCUT2D eigenvalue weighted by molar-refractivity contribution is 5.70. The van der Waals surface area contributed by atoms with E-state index in [1.54, 1.807) is 18.5 Å². The van der Waals surface area contributed by atoms with E-state index in [4.69, 9.17) is 4.42 Å². The highest BCUT2D eigenvalue weighted by Crippen LogP contribution is 2.12. The van der Waals surface area contributed by atoms with Gasteiger partial charge >= 0.3 is 0 Å². The normalized spacial score (nSPS) is 11.3. The Morgan fingerprint density at radius 2 is 1.76 bits per heavy atom. The average Bonchev–Trinajstić information content (AvgIpc) is 2.80. The van der Waals surface area contributed by atoms with Gasteiger partial charge in [-0.2, -0.15) is 4.98 Å². The second-order valence-electron chi connectivity index (χ2n) is 3.48. The molecule has 0 unspecified atom stereocenters. The molecule has 0 fully saturated rings. The van der Waals surface area contributed by atoms with Crippen LogP contribution >= 0.6 is 0 Å². The number of nitrogens with zero attached hydrogens (tertiary/aromatic N) is 3. The van der Waals surface area contributed by atoms with Crippen LogP contribution in [0.4, 0.5) is 0 Å². The first-order chi connectivity index (χ1) is 8.42. The van der Waals surface area contributed by atoms with Crippen molar-refractivity contribution < 1.29 is 4.42 Å². The Labute approximate surface area is 97.7 Å². The standard InChI is InChI=1S/C13H9N3O/c1-2-4-10(5-3-1)6-7-11-16-12-13(17-11)15-9-8-14-12/h1-9H/b7-6+. The molecule has 0 atom stereocenters. The summed E-state index contributed by atoms with van der Waals surface area (Å²) in [6, 6.07) is 9.96. The van der Waals surface area contributed by atoms with E-state index in [2.05, 4.69) is 15.0 Å². The summed E-state index contributed by atoms with van der Waals surface area (Å²) in [5.74, 6) is 0.509. The summed E-state index contributed by atoms with van der Waals surface area (Å²) >= 11 is 0. The van der Waals surface area contributed by atoms with Crippen LogP contribution in [0.25, 0.3) is 23.5 Å². The molecule has 2 aromatic heterocycles. The summed E-state index contributed by atoms with van der Waals surface area (Å²) in [6.45, 7) is 0. The third kappa shape index (κ3) is 2.06. The largest absolute Gasteiger partial charge is 0.417 e. The van der Waals surface area contributed by atoms with Gasteiger partial charge in [-0.1, -0.05) is 30.3 Å². The Balaban J connectivity index is 1.92. The first-order valence-corrected chi connectivity index (χ1v) is 5.22. The van der Waals surface area contributed by atoms with Crippen molar-refractivity contribution in [2.24, 2.45) is 0 Å². The molecule has 0 aliphatic heterocycles. The van der Waals surface area contributed by atoms with Crippen LogP contribution in [0.15, 0.2) is 47.1 Å². The lowest BCUT2D eigenvalue weighted by Crippen LogP contribution is -1.76. The van der Waals surface area contributed by atoms with Crippen LogP contribution < -0.4 is 0 Å². The molecule has 0 aliphatic rings. The Morgan fingerprint density at radius 3 is 2.59 bits per heavy atom. The third-order valence-corrected chi connectivity index (χ3v) is 2.28. The molecule has 0 radical (unpaired) electrons. The quantitative estimate of drug-likeness (QED) is 0.670. The van der Waals surface area contributed by atoms with Crippen molar-refractivity contribution in [3.8, 4) is 0 Å². The Hall–Kier alpha value is -2.49. The molecule has 0 spiro atoms. The van der Waals surface area contributed by atoms with E-state index in [-0.39, 0.29) is 0 Å². The predicted molar refractivity (Wildman–Crippen MR) is 65.0 cm³/mol. The van der Waals surface area contributed by atoms with Gasteiger partial charge in [-0.05, 0) is 11.6 Å². The molecule has 82 valence electrons. The number of oxazole rings is 1. The molecule has 0 saturated carbocycles. The maximum atomic E-state index is 5.42. The van der Waals surface area contributed by atoms with Crippen LogP contribution in [-0.2, 0) is 0 Å². The second-order valence-corrected chi connectivity index (χ2v) is 3.48. The molecule has 0 N–H and O–H groups in total. The van der Waals surface area contributed by atoms with Gasteiger partial charge in [-0.25, -0.2) is 9.97 Å². The Kier molecular flexibility index (Phi) is 2.38. The molecule has 3 aromatic rings. The van der Waals surface area contributed by atoms with E-state index in [0.717, 1.165) is 5.56 Å². The lowest BCUT2D eigenvalue weighted by molar-refractivity contribution is 0.578. The van der Waals surface area contributed by atoms with Crippen molar-refractivity contribution in [1.82, 2.24) is 15.0 Å². The number of fused-ring (bicyclic) bond motifs is 1. The maximum absolute atomic E-state index is 5.42. The smallest absolute Gasteiger partial charge is 0.266 e. The summed E-state index contributed by atoms with van der Waals surface area (Å²) in [5, 5.41) is 0. The molecule has 3 rings (SSSR count). The van der Waals surface area contributed by atoms with Gasteiger partial charge in [0.25, 0.3) is 5.71 Å². The number of hydrogen-bond acceptors (Lipinski definition) is 4. The summed E-state index contributed by atoms with van der Waals surface area (Å²) in [6.07, 6.45) is 6.91. The minimum Gasteiger partial charge on any atom is -0.417 e. The third-order valence-electron chi connectivity index (χ3n) is 2.28. The zero-order valence-electron chi connectivity index (χ0n) is 8.95. The SMILES string of the molecule is C(=C\c1nc2nccnc2o1)/c1ccccc1. The van der Waals surface area contributed by atoms with Gasteiger partial charge in [0.15, 0.2) is 0 Å². The van der Waals surface area contributed by atoms with E-state index in [0.29, 0.717) is 17.3 Å². The van der Waals surface area contributed by atoms with Crippen molar-refractivity contribution >= 4 is 23.5 Å². The molecule has 4 heteroatoms. The number of hydrogen-bond donors (Lipinski definition) is 0. The summed E-state index contributed by atoms with van der Waals surface area (Å²) in [5.41, 5.74) is 2.08. The van der Waals surface area contributed by atoms with Crippen LogP contribution in [0.5, 0.6) is 0 Å². The summed E-state index contributed by atoms with van der Waals surface area (Å²) in [4.78, 5) is 12.3. The number of aromatic nitrogens is 3. The van der Waals surface area contributed by atoms with E-state index in [1.807, 2.05) is 36.4 Å². The van der Waals surface area contributed by atoms with Crippen molar-refractivity contribution in [1.29, 1.82) is 0 Å². The van der Waals surface area contributed by atoms with Crippen LogP contribution in [0.3, 0.4) is 0 Å². The zero-order chi connectivity index (χ0) is 11.5. The van der Waals surface area contributed by atoms with E-state index < -0.39 is 0 Å². The van der Waals surface area contributed by atoms with E-state index in [1.165, 1.54) is 0 Å². The zero-order valence-corrected chi connectivity index (χ0v) is 8.95. The Bertz CT molecular complexity index is 625. The fourth-order valence-corrected chi connectivity index (χ4v) is 1.50. The van der Waals surface area contributed by atoms with Crippen molar-refractivity contribution in [2.75, 3.05) is 0 Å². The fraction of sp³-hybridized carbons (Fsp3) is 0. The van der Waals surface area contributed by atoms with Gasteiger partial charge in [0.05, 0.1) is 0 Å². The first kappa shape index (κ1) is 9.72. The van der Waals surface area contributed by atoms with E-state index >= 15 is 0 Å². The van der Waals surface area contributed by atoms with Crippen molar-refractivity contribution in [3.63, 3.8) is 0 Å². The maximum Gasteiger partial charge on any atom is 0.266 e. The molecule has 2 heterocycles. The Morgan fingerprint density at radius 1 is 0.941 bits per heavy atom. The highest BCUT2D eigenvalue weighted by atomic mass is 16.4. The molecule has 17 heavy (non-hydrogen) atoms. The fourth-order valence-electron chi connectivity index (χ4n) is 1.50. The van der Waals surface area contributed by atoms with Gasteiger partial charge in [0.2, 0.25) is 11.5 Å². The summed E-state index contributed by atoms with van der Waals surface area (Å²) in [7, 11) is 0. The number of benzene rings is 1. The van der Waals surface area contributed by atoms with Crippen molar-refractivity contribution in [2.45, 2.75) is 0 Å². The molecule has 0 aliphatic carbocycles. The average molecular weight is 223 g/mol. The minimum atomic E-state index is 0.459. The van der Waals surface area contributed by atoms with Crippen LogP contribution in [0, 0.1) is 0 Å². The van der Waals surface area contributed by atoms with Gasteiger partial charge in [0, 0.05) is 18.5 Å². The molecule has 0 amide bonds. The first-order valence-electron chi connectivity index (χ1n) is 5.22. The molecule has 0 saturated heterocycles. The van der Waals surface area contributed by atoms with Crippen LogP contribution in [-0.4, -0.2) is 15.0 Å². The van der Waals surface area contributed by atoms with Crippen molar-refractivity contribution in [3.05, 3.63) is 54.2 Å². The highest BCUT2D eigenvalue weighted by Gasteiger charge is 2.03. The van der Waals surface area contributed by atoms with Gasteiger partial charge in [-0.3, -0.25) is 0 Å². The van der Waals surface area contributed by atoms with Crippen LogP contribution in [0.1, 0.15) is 11.5 Å². The lowest BCUT2D eigenvalue weighted by Gasteiger charge is -1.88. The van der Waals surface area contributed by atoms with E-state index in [9.17, 15) is 0 Å². The topological polar surface area (TPSA) is 51.8 Å². The molecule has 1 aromatic carbocycles. The van der Waals surface area contributed by atoms with Gasteiger partial charge < -0.3 is 4.42 Å². The van der Waals surface area contributed by atoms with Gasteiger partial charge in [-0.15, -0.1) is 0 Å². The van der Waals surface area contributed by atoms with Gasteiger partial charge in [0.1, 0.15) is 0 Å². The second kappa shape index (κ2) is 4.17. The molecular formula is C13H9N3O. The number of rotatable bonds is 2. The predicted octanol–water partition coefficient (Wildman–Crippen LogP) is 2.79. The summed E-state index contributed by atoms with van der Waals surface area (Å²) < 4.78 is 5.42. The molecule has 4 nitrogen and oxygen atoms in total. The molecular weight excluding hydrogens is 214 g/mol. The monoisotopic (exact) mass is 223 g/mol. The minimum absolute atomic E-state index is 0.459. The molecule has 0 bridgehead atoms.